The van der Waals surface area contributed by atoms with Crippen LogP contribution >= 0.6 is 0 Å². The monoisotopic (exact) mass is 182 g/mol. The molecule has 0 aromatic carbocycles. The highest BCUT2D eigenvalue weighted by Gasteiger charge is 2.31. The third kappa shape index (κ3) is 2.05. The topological polar surface area (TPSA) is 15.3 Å². The number of likely N-dealkylation sites (tertiary alicyclic amines) is 1. The average Bonchev–Trinajstić information content (AvgIpc) is 2.53. The van der Waals surface area contributed by atoms with E-state index in [1.54, 1.807) is 0 Å². The van der Waals surface area contributed by atoms with Crippen LogP contribution in [0.3, 0.4) is 0 Å². The zero-order valence-corrected chi connectivity index (χ0v) is 8.92. The van der Waals surface area contributed by atoms with Gasteiger partial charge in [0, 0.05) is 12.1 Å². The first-order valence-corrected chi connectivity index (χ1v) is 5.71. The molecule has 2 heteroatoms. The van der Waals surface area contributed by atoms with Gasteiger partial charge in [-0.15, -0.1) is 0 Å². The van der Waals surface area contributed by atoms with Crippen molar-refractivity contribution >= 4 is 0 Å². The normalized spacial score (nSPS) is 42.5. The van der Waals surface area contributed by atoms with Crippen LogP contribution in [0.2, 0.25) is 0 Å². The highest BCUT2D eigenvalue weighted by molar-refractivity contribution is 4.89. The van der Waals surface area contributed by atoms with Crippen molar-refractivity contribution in [3.63, 3.8) is 0 Å². The standard InChI is InChI=1S/C11H22N2/c1-9-7-10(8-12-9)11-5-3-4-6-13(11)2/h9-12H,3-8H2,1-2H3. The van der Waals surface area contributed by atoms with Crippen molar-refractivity contribution in [2.75, 3.05) is 20.1 Å². The number of hydrogen-bond donors (Lipinski definition) is 1. The lowest BCUT2D eigenvalue weighted by Crippen LogP contribution is -2.42. The van der Waals surface area contributed by atoms with Crippen LogP contribution in [0.25, 0.3) is 0 Å². The minimum atomic E-state index is 0.750. The fourth-order valence-corrected chi connectivity index (χ4v) is 2.96. The fourth-order valence-electron chi connectivity index (χ4n) is 2.96. The molecule has 2 saturated heterocycles. The first kappa shape index (κ1) is 9.47. The maximum atomic E-state index is 3.56. The summed E-state index contributed by atoms with van der Waals surface area (Å²) in [7, 11) is 2.30. The molecule has 2 nitrogen and oxygen atoms in total. The summed E-state index contributed by atoms with van der Waals surface area (Å²) in [4.78, 5) is 2.58. The zero-order valence-electron chi connectivity index (χ0n) is 8.92. The van der Waals surface area contributed by atoms with Crippen LogP contribution in [0, 0.1) is 5.92 Å². The highest BCUT2D eigenvalue weighted by atomic mass is 15.1. The molecule has 3 atom stereocenters. The van der Waals surface area contributed by atoms with Gasteiger partial charge in [-0.1, -0.05) is 6.42 Å². The van der Waals surface area contributed by atoms with E-state index in [1.807, 2.05) is 0 Å². The Labute approximate surface area is 81.7 Å². The molecule has 0 aromatic rings. The predicted molar refractivity (Wildman–Crippen MR) is 55.8 cm³/mol. The van der Waals surface area contributed by atoms with Gasteiger partial charge in [0.2, 0.25) is 0 Å². The van der Waals surface area contributed by atoms with Crippen molar-refractivity contribution in [1.29, 1.82) is 0 Å². The van der Waals surface area contributed by atoms with Gasteiger partial charge in [-0.25, -0.2) is 0 Å². The Kier molecular flexibility index (Phi) is 2.89. The Bertz CT molecular complexity index is 169. The molecule has 76 valence electrons. The van der Waals surface area contributed by atoms with Gasteiger partial charge < -0.3 is 10.2 Å². The molecule has 2 heterocycles. The molecule has 2 fully saturated rings. The zero-order chi connectivity index (χ0) is 9.26. The van der Waals surface area contributed by atoms with Gasteiger partial charge in [0.1, 0.15) is 0 Å². The van der Waals surface area contributed by atoms with Gasteiger partial charge in [-0.05, 0) is 52.2 Å². The SMILES string of the molecule is CC1CC(C2CCCCN2C)CN1. The molecule has 0 bridgehead atoms. The second kappa shape index (κ2) is 3.97. The van der Waals surface area contributed by atoms with Crippen molar-refractivity contribution in [2.24, 2.45) is 5.92 Å². The molecular formula is C11H22N2. The van der Waals surface area contributed by atoms with Crippen molar-refractivity contribution in [1.82, 2.24) is 10.2 Å². The summed E-state index contributed by atoms with van der Waals surface area (Å²) in [6.45, 7) is 4.87. The van der Waals surface area contributed by atoms with Crippen molar-refractivity contribution in [2.45, 2.75) is 44.7 Å². The second-order valence-electron chi connectivity index (χ2n) is 4.85. The lowest BCUT2D eigenvalue weighted by molar-refractivity contribution is 0.135. The maximum Gasteiger partial charge on any atom is 0.0133 e. The summed E-state index contributed by atoms with van der Waals surface area (Å²) >= 11 is 0. The summed E-state index contributed by atoms with van der Waals surface area (Å²) < 4.78 is 0. The van der Waals surface area contributed by atoms with Gasteiger partial charge in [-0.3, -0.25) is 0 Å². The molecule has 2 aliphatic heterocycles. The molecule has 0 radical (unpaired) electrons. The summed E-state index contributed by atoms with van der Waals surface area (Å²) in [6, 6.07) is 1.62. The third-order valence-corrected chi connectivity index (χ3v) is 3.76. The summed E-state index contributed by atoms with van der Waals surface area (Å²) in [5.41, 5.74) is 0. The van der Waals surface area contributed by atoms with E-state index in [9.17, 15) is 0 Å². The highest BCUT2D eigenvalue weighted by Crippen LogP contribution is 2.27. The van der Waals surface area contributed by atoms with Crippen LogP contribution in [0.5, 0.6) is 0 Å². The molecule has 0 aliphatic carbocycles. The molecule has 1 N–H and O–H groups in total. The van der Waals surface area contributed by atoms with Gasteiger partial charge >= 0.3 is 0 Å². The number of piperidine rings is 1. The molecule has 3 unspecified atom stereocenters. The van der Waals surface area contributed by atoms with Crippen LogP contribution in [0.15, 0.2) is 0 Å². The van der Waals surface area contributed by atoms with E-state index < -0.39 is 0 Å². The van der Waals surface area contributed by atoms with Gasteiger partial charge in [-0.2, -0.15) is 0 Å². The lowest BCUT2D eigenvalue weighted by Gasteiger charge is -2.36. The van der Waals surface area contributed by atoms with Crippen molar-refractivity contribution in [3.8, 4) is 0 Å². The molecule has 2 rings (SSSR count). The van der Waals surface area contributed by atoms with Gasteiger partial charge in [0.05, 0.1) is 0 Å². The van der Waals surface area contributed by atoms with E-state index >= 15 is 0 Å². The Balaban J connectivity index is 1.91. The summed E-state index contributed by atoms with van der Waals surface area (Å²) in [5, 5.41) is 3.56. The van der Waals surface area contributed by atoms with Crippen LogP contribution in [0.1, 0.15) is 32.6 Å². The van der Waals surface area contributed by atoms with E-state index in [1.165, 1.54) is 38.8 Å². The largest absolute Gasteiger partial charge is 0.314 e. The minimum absolute atomic E-state index is 0.750. The number of hydrogen-bond acceptors (Lipinski definition) is 2. The minimum Gasteiger partial charge on any atom is -0.314 e. The Morgan fingerprint density at radius 1 is 1.31 bits per heavy atom. The van der Waals surface area contributed by atoms with E-state index in [0.717, 1.165) is 18.0 Å². The van der Waals surface area contributed by atoms with Crippen molar-refractivity contribution < 1.29 is 0 Å². The summed E-state index contributed by atoms with van der Waals surface area (Å²) in [5.74, 6) is 0.917. The molecule has 0 aromatic heterocycles. The molecule has 0 spiro atoms. The lowest BCUT2D eigenvalue weighted by atomic mass is 9.89. The number of nitrogens with zero attached hydrogens (tertiary/aromatic N) is 1. The molecule has 13 heavy (non-hydrogen) atoms. The molecule has 0 saturated carbocycles. The van der Waals surface area contributed by atoms with Crippen LogP contribution < -0.4 is 5.32 Å². The van der Waals surface area contributed by atoms with E-state index in [0.29, 0.717) is 0 Å². The van der Waals surface area contributed by atoms with Crippen LogP contribution in [-0.4, -0.2) is 37.1 Å². The average molecular weight is 182 g/mol. The molecule has 2 aliphatic rings. The first-order valence-electron chi connectivity index (χ1n) is 5.71. The van der Waals surface area contributed by atoms with Crippen LogP contribution in [-0.2, 0) is 0 Å². The smallest absolute Gasteiger partial charge is 0.0133 e. The first-order chi connectivity index (χ1) is 6.27. The summed E-state index contributed by atoms with van der Waals surface area (Å²) in [6.07, 6.45) is 5.66. The number of rotatable bonds is 1. The Hall–Kier alpha value is -0.0800. The fraction of sp³-hybridized carbons (Fsp3) is 1.00. The predicted octanol–water partition coefficient (Wildman–Crippen LogP) is 1.47. The number of nitrogens with one attached hydrogen (secondary N) is 1. The molecule has 0 amide bonds. The van der Waals surface area contributed by atoms with Crippen molar-refractivity contribution in [3.05, 3.63) is 0 Å². The van der Waals surface area contributed by atoms with Gasteiger partial charge in [0.25, 0.3) is 0 Å². The van der Waals surface area contributed by atoms with E-state index in [-0.39, 0.29) is 0 Å². The van der Waals surface area contributed by atoms with Crippen LogP contribution in [0.4, 0.5) is 0 Å². The van der Waals surface area contributed by atoms with E-state index in [4.69, 9.17) is 0 Å². The Morgan fingerprint density at radius 2 is 2.15 bits per heavy atom. The Morgan fingerprint density at radius 3 is 2.77 bits per heavy atom. The molecular weight excluding hydrogens is 160 g/mol. The van der Waals surface area contributed by atoms with E-state index in [2.05, 4.69) is 24.2 Å². The second-order valence-corrected chi connectivity index (χ2v) is 4.85. The van der Waals surface area contributed by atoms with Gasteiger partial charge in [0.15, 0.2) is 0 Å². The third-order valence-electron chi connectivity index (χ3n) is 3.76. The quantitative estimate of drug-likeness (QED) is 0.660. The maximum absolute atomic E-state index is 3.56.